The molecule has 7 rings (SSSR count). The lowest BCUT2D eigenvalue weighted by molar-refractivity contribution is 0.0686. The third kappa shape index (κ3) is 5.77. The van der Waals surface area contributed by atoms with Gasteiger partial charge in [-0.05, 0) is 50.2 Å². The molecule has 0 fully saturated rings. The van der Waals surface area contributed by atoms with Crippen molar-refractivity contribution in [2.45, 2.75) is 38.5 Å². The molecule has 0 unspecified atom stereocenters. The van der Waals surface area contributed by atoms with Crippen molar-refractivity contribution in [1.29, 1.82) is 0 Å². The van der Waals surface area contributed by atoms with E-state index in [0.717, 1.165) is 45.4 Å². The number of aromatic carboxylic acids is 1. The Hall–Kier alpha value is -6.19. The van der Waals surface area contributed by atoms with Crippen LogP contribution in [-0.4, -0.2) is 45.9 Å². The van der Waals surface area contributed by atoms with Crippen molar-refractivity contribution in [3.05, 3.63) is 179 Å². The lowest BCUT2D eigenvalue weighted by Crippen LogP contribution is -2.39. The second-order valence-electron chi connectivity index (χ2n) is 12.1. The standard InChI is InChI=1S/C41H36N6O3/c1-2-14-37-42-38(40(49)50)36(28-48)46(37)27-29-23-25-30(26-24-29)34-21-12-13-22-35(34)39-43-44-45-47(39)41(31-15-6-3-7-16-31,32-17-8-4-9-18-32)33-19-10-5-11-20-33/h3-13,15-26,48H,2,14,27-28H2,1H3,(H,49,50). The highest BCUT2D eigenvalue weighted by Crippen LogP contribution is 2.43. The summed E-state index contributed by atoms with van der Waals surface area (Å²) in [6.45, 7) is 2.00. The Morgan fingerprint density at radius 2 is 1.26 bits per heavy atom. The van der Waals surface area contributed by atoms with E-state index < -0.39 is 18.1 Å². The summed E-state index contributed by atoms with van der Waals surface area (Å²) in [7, 11) is 0. The minimum Gasteiger partial charge on any atom is -0.476 e. The molecule has 0 aliphatic heterocycles. The predicted octanol–water partition coefficient (Wildman–Crippen LogP) is 7.24. The summed E-state index contributed by atoms with van der Waals surface area (Å²) in [5.74, 6) is 0.113. The van der Waals surface area contributed by atoms with Gasteiger partial charge < -0.3 is 14.8 Å². The highest BCUT2D eigenvalue weighted by molar-refractivity contribution is 5.87. The average molecular weight is 661 g/mol. The van der Waals surface area contributed by atoms with E-state index in [1.54, 1.807) is 0 Å². The van der Waals surface area contributed by atoms with Crippen LogP contribution in [0.25, 0.3) is 22.5 Å². The first-order chi connectivity index (χ1) is 24.6. The van der Waals surface area contributed by atoms with Crippen molar-refractivity contribution in [2.75, 3.05) is 0 Å². The van der Waals surface area contributed by atoms with E-state index in [9.17, 15) is 15.0 Å². The van der Waals surface area contributed by atoms with Crippen molar-refractivity contribution < 1.29 is 15.0 Å². The maximum atomic E-state index is 11.9. The van der Waals surface area contributed by atoms with E-state index in [2.05, 4.69) is 57.8 Å². The van der Waals surface area contributed by atoms with E-state index >= 15 is 0 Å². The number of benzene rings is 5. The van der Waals surface area contributed by atoms with Crippen LogP contribution in [-0.2, 0) is 25.1 Å². The van der Waals surface area contributed by atoms with Crippen LogP contribution in [0.3, 0.4) is 0 Å². The fourth-order valence-corrected chi connectivity index (χ4v) is 6.86. The van der Waals surface area contributed by atoms with Crippen LogP contribution in [0.1, 0.15) is 57.6 Å². The van der Waals surface area contributed by atoms with Gasteiger partial charge in [0, 0.05) is 18.5 Å². The number of hydrogen-bond donors (Lipinski definition) is 2. The summed E-state index contributed by atoms with van der Waals surface area (Å²) in [5.41, 5.74) is 6.11. The van der Waals surface area contributed by atoms with Gasteiger partial charge in [-0.25, -0.2) is 14.5 Å². The SMILES string of the molecule is CCCc1nc(C(=O)O)c(CO)n1Cc1ccc(-c2ccccc2-c2nnnn2C(c2ccccc2)(c2ccccc2)c2ccccc2)cc1. The van der Waals surface area contributed by atoms with Crippen molar-refractivity contribution >= 4 is 5.97 Å². The summed E-state index contributed by atoms with van der Waals surface area (Å²) in [5, 5.41) is 33.5. The number of aromatic nitrogens is 6. The number of carboxylic acids is 1. The van der Waals surface area contributed by atoms with Crippen LogP contribution in [0.2, 0.25) is 0 Å². The zero-order valence-electron chi connectivity index (χ0n) is 27.6. The zero-order chi connectivity index (χ0) is 34.5. The van der Waals surface area contributed by atoms with E-state index in [1.165, 1.54) is 0 Å². The molecule has 5 aromatic carbocycles. The van der Waals surface area contributed by atoms with Gasteiger partial charge in [-0.3, -0.25) is 0 Å². The third-order valence-electron chi connectivity index (χ3n) is 9.11. The molecule has 2 aromatic heterocycles. The molecule has 0 spiro atoms. The average Bonchev–Trinajstić information content (AvgIpc) is 3.79. The lowest BCUT2D eigenvalue weighted by Gasteiger charge is -2.36. The number of hydrogen-bond acceptors (Lipinski definition) is 6. The number of tetrazole rings is 1. The van der Waals surface area contributed by atoms with Crippen LogP contribution in [0.15, 0.2) is 140 Å². The Morgan fingerprint density at radius 3 is 1.78 bits per heavy atom. The molecule has 0 saturated carbocycles. The second-order valence-corrected chi connectivity index (χ2v) is 12.1. The predicted molar refractivity (Wildman–Crippen MR) is 192 cm³/mol. The third-order valence-corrected chi connectivity index (χ3v) is 9.11. The van der Waals surface area contributed by atoms with Gasteiger partial charge in [-0.15, -0.1) is 5.10 Å². The van der Waals surface area contributed by atoms with Crippen molar-refractivity contribution in [3.8, 4) is 22.5 Å². The van der Waals surface area contributed by atoms with Crippen LogP contribution >= 0.6 is 0 Å². The van der Waals surface area contributed by atoms with Gasteiger partial charge in [0.05, 0.1) is 12.3 Å². The fraction of sp³-hybridized carbons (Fsp3) is 0.146. The van der Waals surface area contributed by atoms with Gasteiger partial charge in [-0.2, -0.15) is 0 Å². The minimum atomic E-state index is -1.14. The lowest BCUT2D eigenvalue weighted by atomic mass is 9.77. The molecule has 9 heteroatoms. The summed E-state index contributed by atoms with van der Waals surface area (Å²) >= 11 is 0. The van der Waals surface area contributed by atoms with Crippen LogP contribution in [0.4, 0.5) is 0 Å². The Morgan fingerprint density at radius 1 is 0.720 bits per heavy atom. The summed E-state index contributed by atoms with van der Waals surface area (Å²) in [6, 6.07) is 47.2. The minimum absolute atomic E-state index is 0.100. The molecule has 0 amide bonds. The van der Waals surface area contributed by atoms with Crippen molar-refractivity contribution in [2.24, 2.45) is 0 Å². The molecular formula is C41H36N6O3. The Labute approximate surface area is 290 Å². The van der Waals surface area contributed by atoms with E-state index in [1.807, 2.05) is 113 Å². The number of aliphatic hydroxyl groups is 1. The summed E-state index contributed by atoms with van der Waals surface area (Å²) < 4.78 is 3.76. The largest absolute Gasteiger partial charge is 0.476 e. The molecule has 50 heavy (non-hydrogen) atoms. The molecule has 0 atom stereocenters. The smallest absolute Gasteiger partial charge is 0.356 e. The molecule has 2 N–H and O–H groups in total. The Bertz CT molecular complexity index is 2120. The number of imidazole rings is 1. The number of rotatable bonds is 12. The van der Waals surface area contributed by atoms with E-state index in [0.29, 0.717) is 30.3 Å². The molecule has 0 saturated heterocycles. The van der Waals surface area contributed by atoms with E-state index in [-0.39, 0.29) is 5.69 Å². The van der Waals surface area contributed by atoms with Gasteiger partial charge >= 0.3 is 5.97 Å². The molecule has 0 aliphatic rings. The van der Waals surface area contributed by atoms with Gasteiger partial charge in [0.1, 0.15) is 11.4 Å². The topological polar surface area (TPSA) is 119 Å². The highest BCUT2D eigenvalue weighted by atomic mass is 16.4. The second kappa shape index (κ2) is 14.1. The van der Waals surface area contributed by atoms with Crippen molar-refractivity contribution in [1.82, 2.24) is 29.8 Å². The fourth-order valence-electron chi connectivity index (χ4n) is 6.86. The molecule has 248 valence electrons. The number of nitrogens with zero attached hydrogens (tertiary/aromatic N) is 6. The van der Waals surface area contributed by atoms with Crippen LogP contribution in [0.5, 0.6) is 0 Å². The normalized spacial score (nSPS) is 11.5. The number of carbonyl (C=O) groups is 1. The molecule has 7 aromatic rings. The van der Waals surface area contributed by atoms with Gasteiger partial charge in [-0.1, -0.05) is 146 Å². The number of aryl methyl sites for hydroxylation is 1. The van der Waals surface area contributed by atoms with Gasteiger partial charge in [0.25, 0.3) is 0 Å². The Balaban J connectivity index is 1.34. The molecule has 9 nitrogen and oxygen atoms in total. The number of aliphatic hydroxyl groups excluding tert-OH is 1. The molecule has 0 radical (unpaired) electrons. The first kappa shape index (κ1) is 32.4. The van der Waals surface area contributed by atoms with Crippen LogP contribution < -0.4 is 0 Å². The monoisotopic (exact) mass is 660 g/mol. The Kier molecular flexibility index (Phi) is 9.14. The first-order valence-corrected chi connectivity index (χ1v) is 16.6. The molecular weight excluding hydrogens is 624 g/mol. The summed E-state index contributed by atoms with van der Waals surface area (Å²) in [4.78, 5) is 16.2. The molecule has 2 heterocycles. The highest BCUT2D eigenvalue weighted by Gasteiger charge is 2.42. The van der Waals surface area contributed by atoms with E-state index in [4.69, 9.17) is 5.21 Å². The summed E-state index contributed by atoms with van der Waals surface area (Å²) in [6.07, 6.45) is 1.41. The van der Waals surface area contributed by atoms with Crippen molar-refractivity contribution in [3.63, 3.8) is 0 Å². The quantitative estimate of drug-likeness (QED) is 0.133. The molecule has 0 aliphatic carbocycles. The maximum absolute atomic E-state index is 11.9. The van der Waals surface area contributed by atoms with Crippen LogP contribution in [0, 0.1) is 0 Å². The maximum Gasteiger partial charge on any atom is 0.356 e. The zero-order valence-corrected chi connectivity index (χ0v) is 27.6. The van der Waals surface area contributed by atoms with Gasteiger partial charge in [0.2, 0.25) is 0 Å². The molecule has 0 bridgehead atoms. The first-order valence-electron chi connectivity index (χ1n) is 16.6. The van der Waals surface area contributed by atoms with Gasteiger partial charge in [0.15, 0.2) is 11.5 Å². The number of carboxylic acid groups (broad SMARTS) is 1.